The van der Waals surface area contributed by atoms with Gasteiger partial charge in [-0.2, -0.15) is 0 Å². The van der Waals surface area contributed by atoms with Crippen LogP contribution in [0.4, 0.5) is 0 Å². The molecule has 5 heteroatoms. The maximum Gasteiger partial charge on any atom is 0.175 e. The number of hydrogen-bond acceptors (Lipinski definition) is 4. The Labute approximate surface area is 143 Å². The molecule has 0 bridgehead atoms. The number of sulfone groups is 1. The normalized spacial score (nSPS) is 17.9. The summed E-state index contributed by atoms with van der Waals surface area (Å²) in [5, 5.41) is 14.0. The molecule has 0 aromatic heterocycles. The van der Waals surface area contributed by atoms with Gasteiger partial charge in [-0.3, -0.25) is 0 Å². The van der Waals surface area contributed by atoms with Gasteiger partial charge in [-0.1, -0.05) is 42.5 Å². The van der Waals surface area contributed by atoms with Gasteiger partial charge in [0.25, 0.3) is 0 Å². The second-order valence-corrected chi connectivity index (χ2v) is 8.56. The van der Waals surface area contributed by atoms with E-state index in [4.69, 9.17) is 0 Å². The minimum atomic E-state index is -3.21. The van der Waals surface area contributed by atoms with Crippen LogP contribution in [0.5, 0.6) is 0 Å². The SMILES string of the molecule is CS(=O)(=O)c1ccc(C(O)CNC2(c3ccccc3)CCC2)cc1. The van der Waals surface area contributed by atoms with Gasteiger partial charge in [0.2, 0.25) is 0 Å². The van der Waals surface area contributed by atoms with Gasteiger partial charge in [0, 0.05) is 18.3 Å². The highest BCUT2D eigenvalue weighted by Gasteiger charge is 2.38. The van der Waals surface area contributed by atoms with E-state index in [2.05, 4.69) is 17.4 Å². The zero-order valence-electron chi connectivity index (χ0n) is 13.8. The summed E-state index contributed by atoms with van der Waals surface area (Å²) in [5.74, 6) is 0. The summed E-state index contributed by atoms with van der Waals surface area (Å²) in [4.78, 5) is 0.270. The standard InChI is InChI=1S/C19H23NO3S/c1-24(22,23)17-10-8-15(9-11-17)18(21)14-20-19(12-5-13-19)16-6-3-2-4-7-16/h2-4,6-11,18,20-21H,5,12-14H2,1H3. The molecule has 1 unspecified atom stereocenters. The lowest BCUT2D eigenvalue weighted by Gasteiger charge is -2.44. The Kier molecular flexibility index (Phi) is 4.76. The van der Waals surface area contributed by atoms with Crippen LogP contribution in [0, 0.1) is 0 Å². The maximum absolute atomic E-state index is 11.5. The van der Waals surface area contributed by atoms with Crippen LogP contribution in [0.15, 0.2) is 59.5 Å². The van der Waals surface area contributed by atoms with Crippen LogP contribution in [0.1, 0.15) is 36.5 Å². The fourth-order valence-electron chi connectivity index (χ4n) is 3.20. The van der Waals surface area contributed by atoms with Crippen molar-refractivity contribution in [2.24, 2.45) is 0 Å². The van der Waals surface area contributed by atoms with Crippen molar-refractivity contribution in [3.8, 4) is 0 Å². The van der Waals surface area contributed by atoms with Crippen molar-refractivity contribution < 1.29 is 13.5 Å². The first kappa shape index (κ1) is 17.1. The lowest BCUT2D eigenvalue weighted by atomic mass is 9.71. The number of aliphatic hydroxyl groups is 1. The number of nitrogens with one attached hydrogen (secondary N) is 1. The smallest absolute Gasteiger partial charge is 0.175 e. The highest BCUT2D eigenvalue weighted by Crippen LogP contribution is 2.41. The summed E-state index contributed by atoms with van der Waals surface area (Å²) < 4.78 is 23.0. The predicted molar refractivity (Wildman–Crippen MR) is 94.5 cm³/mol. The Balaban J connectivity index is 1.68. The summed E-state index contributed by atoms with van der Waals surface area (Å²) in [6.45, 7) is 0.438. The fraction of sp³-hybridized carbons (Fsp3) is 0.368. The molecule has 2 aromatic carbocycles. The summed E-state index contributed by atoms with van der Waals surface area (Å²) in [7, 11) is -3.21. The first-order valence-electron chi connectivity index (χ1n) is 8.19. The summed E-state index contributed by atoms with van der Waals surface area (Å²) >= 11 is 0. The van der Waals surface area contributed by atoms with Gasteiger partial charge in [-0.15, -0.1) is 0 Å². The van der Waals surface area contributed by atoms with Crippen molar-refractivity contribution in [3.05, 3.63) is 65.7 Å². The van der Waals surface area contributed by atoms with Crippen LogP contribution in [0.3, 0.4) is 0 Å². The molecule has 0 amide bonds. The van der Waals surface area contributed by atoms with Gasteiger partial charge < -0.3 is 10.4 Å². The number of rotatable bonds is 6. The van der Waals surface area contributed by atoms with Gasteiger partial charge in [0.05, 0.1) is 11.0 Å². The van der Waals surface area contributed by atoms with Crippen LogP contribution in [-0.2, 0) is 15.4 Å². The van der Waals surface area contributed by atoms with Gasteiger partial charge in [-0.05, 0) is 42.5 Å². The zero-order chi connectivity index (χ0) is 17.2. The topological polar surface area (TPSA) is 66.4 Å². The molecule has 1 atom stereocenters. The molecular formula is C19H23NO3S. The summed E-state index contributed by atoms with van der Waals surface area (Å²) in [5.41, 5.74) is 1.93. The van der Waals surface area contributed by atoms with Crippen LogP contribution in [-0.4, -0.2) is 26.3 Å². The summed E-state index contributed by atoms with van der Waals surface area (Å²) in [6.07, 6.45) is 3.83. The molecule has 0 radical (unpaired) electrons. The molecule has 2 aromatic rings. The van der Waals surface area contributed by atoms with Crippen molar-refractivity contribution >= 4 is 9.84 Å². The van der Waals surface area contributed by atoms with E-state index in [0.717, 1.165) is 18.4 Å². The molecule has 0 heterocycles. The van der Waals surface area contributed by atoms with Crippen LogP contribution < -0.4 is 5.32 Å². The third-order valence-electron chi connectivity index (χ3n) is 4.86. The van der Waals surface area contributed by atoms with Crippen molar-refractivity contribution in [3.63, 3.8) is 0 Å². The predicted octanol–water partition coefficient (Wildman–Crippen LogP) is 2.79. The maximum atomic E-state index is 11.5. The molecule has 0 saturated heterocycles. The van der Waals surface area contributed by atoms with Crippen LogP contribution >= 0.6 is 0 Å². The monoisotopic (exact) mass is 345 g/mol. The van der Waals surface area contributed by atoms with E-state index in [1.54, 1.807) is 24.3 Å². The van der Waals surface area contributed by atoms with E-state index in [0.29, 0.717) is 6.54 Å². The third kappa shape index (κ3) is 3.53. The zero-order valence-corrected chi connectivity index (χ0v) is 14.6. The molecule has 24 heavy (non-hydrogen) atoms. The first-order valence-corrected chi connectivity index (χ1v) is 10.1. The Hall–Kier alpha value is -1.69. The average molecular weight is 345 g/mol. The molecule has 1 aliphatic rings. The molecule has 128 valence electrons. The van der Waals surface area contributed by atoms with E-state index >= 15 is 0 Å². The fourth-order valence-corrected chi connectivity index (χ4v) is 3.83. The van der Waals surface area contributed by atoms with Crippen molar-refractivity contribution in [1.82, 2.24) is 5.32 Å². The molecule has 1 fully saturated rings. The number of benzene rings is 2. The van der Waals surface area contributed by atoms with Gasteiger partial charge in [0.15, 0.2) is 9.84 Å². The molecule has 3 rings (SSSR count). The van der Waals surface area contributed by atoms with E-state index < -0.39 is 15.9 Å². The third-order valence-corrected chi connectivity index (χ3v) is 5.99. The van der Waals surface area contributed by atoms with Gasteiger partial charge in [0.1, 0.15) is 0 Å². The second kappa shape index (κ2) is 6.67. The Morgan fingerprint density at radius 1 is 1.08 bits per heavy atom. The van der Waals surface area contributed by atoms with E-state index in [1.165, 1.54) is 18.2 Å². The Morgan fingerprint density at radius 3 is 2.21 bits per heavy atom. The molecule has 4 nitrogen and oxygen atoms in total. The Bertz CT molecular complexity index is 781. The summed E-state index contributed by atoms with van der Waals surface area (Å²) in [6, 6.07) is 16.8. The highest BCUT2D eigenvalue weighted by molar-refractivity contribution is 7.90. The lowest BCUT2D eigenvalue weighted by Crippen LogP contribution is -2.49. The van der Waals surface area contributed by atoms with E-state index in [1.807, 2.05) is 18.2 Å². The first-order chi connectivity index (χ1) is 11.4. The number of hydrogen-bond donors (Lipinski definition) is 2. The molecule has 0 aliphatic heterocycles. The molecule has 2 N–H and O–H groups in total. The second-order valence-electron chi connectivity index (χ2n) is 6.54. The van der Waals surface area contributed by atoms with E-state index in [-0.39, 0.29) is 10.4 Å². The Morgan fingerprint density at radius 2 is 1.71 bits per heavy atom. The highest BCUT2D eigenvalue weighted by atomic mass is 32.2. The number of aliphatic hydroxyl groups excluding tert-OH is 1. The van der Waals surface area contributed by atoms with Crippen molar-refractivity contribution in [2.75, 3.05) is 12.8 Å². The minimum Gasteiger partial charge on any atom is -0.387 e. The minimum absolute atomic E-state index is 0.0467. The molecule has 1 aliphatic carbocycles. The molecule has 1 saturated carbocycles. The van der Waals surface area contributed by atoms with Gasteiger partial charge in [-0.25, -0.2) is 8.42 Å². The van der Waals surface area contributed by atoms with Crippen molar-refractivity contribution in [1.29, 1.82) is 0 Å². The van der Waals surface area contributed by atoms with E-state index in [9.17, 15) is 13.5 Å². The van der Waals surface area contributed by atoms with Crippen molar-refractivity contribution in [2.45, 2.75) is 35.8 Å². The molecule has 0 spiro atoms. The van der Waals surface area contributed by atoms with Crippen LogP contribution in [0.2, 0.25) is 0 Å². The van der Waals surface area contributed by atoms with Gasteiger partial charge >= 0.3 is 0 Å². The lowest BCUT2D eigenvalue weighted by molar-refractivity contribution is 0.122. The quantitative estimate of drug-likeness (QED) is 0.845. The van der Waals surface area contributed by atoms with Crippen LogP contribution in [0.25, 0.3) is 0 Å². The average Bonchev–Trinajstić information content (AvgIpc) is 2.54. The largest absolute Gasteiger partial charge is 0.387 e. The molecular weight excluding hydrogens is 322 g/mol.